The lowest BCUT2D eigenvalue weighted by Crippen LogP contribution is -2.30. The minimum absolute atomic E-state index is 0.0921. The molecule has 0 aliphatic carbocycles. The Balaban J connectivity index is 1.45. The van der Waals surface area contributed by atoms with E-state index in [9.17, 15) is 4.79 Å². The number of fused-ring (bicyclic) bond motifs is 1. The first-order valence-corrected chi connectivity index (χ1v) is 11.5. The van der Waals surface area contributed by atoms with Gasteiger partial charge in [0, 0.05) is 17.0 Å². The normalized spacial score (nSPS) is 16.5. The summed E-state index contributed by atoms with van der Waals surface area (Å²) in [7, 11) is 3.74. The van der Waals surface area contributed by atoms with Gasteiger partial charge in [-0.3, -0.25) is 9.36 Å². The Labute approximate surface area is 190 Å². The summed E-state index contributed by atoms with van der Waals surface area (Å²) in [5.41, 5.74) is 2.40. The Morgan fingerprint density at radius 3 is 2.72 bits per heavy atom. The van der Waals surface area contributed by atoms with Crippen LogP contribution in [0.1, 0.15) is 12.8 Å². The fourth-order valence-corrected chi connectivity index (χ4v) is 5.19. The van der Waals surface area contributed by atoms with Crippen molar-refractivity contribution in [2.75, 3.05) is 27.3 Å². The molecule has 3 heterocycles. The third-order valence-electron chi connectivity index (χ3n) is 6.02. The number of thiophene rings is 1. The highest BCUT2D eigenvalue weighted by Crippen LogP contribution is 2.32. The number of nitrogens with zero attached hydrogens (tertiary/aromatic N) is 3. The third-order valence-corrected chi connectivity index (χ3v) is 7.19. The molecule has 4 aromatic rings. The van der Waals surface area contributed by atoms with E-state index in [0.29, 0.717) is 40.1 Å². The first-order valence-electron chi connectivity index (χ1n) is 10.7. The van der Waals surface area contributed by atoms with E-state index in [1.807, 2.05) is 54.6 Å². The predicted octanol–water partition coefficient (Wildman–Crippen LogP) is 4.60. The summed E-state index contributed by atoms with van der Waals surface area (Å²) >= 11 is 1.46. The van der Waals surface area contributed by atoms with Crippen molar-refractivity contribution in [2.45, 2.75) is 18.9 Å². The number of methoxy groups -OCH3 is 1. The number of aromatic nitrogens is 2. The smallest absolute Gasteiger partial charge is 0.275 e. The number of hydrogen-bond acceptors (Lipinski definition) is 6. The minimum atomic E-state index is -0.0921. The second-order valence-electron chi connectivity index (χ2n) is 8.03. The molecule has 0 amide bonds. The largest absolute Gasteiger partial charge is 0.493 e. The Hall–Kier alpha value is -3.16. The molecule has 2 aromatic carbocycles. The van der Waals surface area contributed by atoms with E-state index in [1.54, 1.807) is 18.0 Å². The maximum atomic E-state index is 13.2. The topological polar surface area (TPSA) is 56.6 Å². The molecule has 32 heavy (non-hydrogen) atoms. The van der Waals surface area contributed by atoms with Gasteiger partial charge < -0.3 is 14.4 Å². The Kier molecular flexibility index (Phi) is 5.68. The zero-order valence-corrected chi connectivity index (χ0v) is 19.0. The molecule has 1 fully saturated rings. The average molecular weight is 448 g/mol. The number of rotatable bonds is 6. The molecule has 1 unspecified atom stereocenters. The zero-order valence-electron chi connectivity index (χ0n) is 18.2. The number of hydrogen-bond donors (Lipinski definition) is 0. The summed E-state index contributed by atoms with van der Waals surface area (Å²) in [5.74, 6) is 1.28. The van der Waals surface area contributed by atoms with E-state index >= 15 is 0 Å². The van der Waals surface area contributed by atoms with Crippen LogP contribution in [0.25, 0.3) is 26.3 Å². The Bertz CT molecular complexity index is 1300. The molecule has 7 heteroatoms. The monoisotopic (exact) mass is 447 g/mol. The van der Waals surface area contributed by atoms with Crippen LogP contribution in [0.5, 0.6) is 11.5 Å². The first-order chi connectivity index (χ1) is 15.6. The van der Waals surface area contributed by atoms with Crippen LogP contribution in [0.15, 0.2) is 65.7 Å². The molecule has 0 spiro atoms. The molecule has 1 aliphatic heterocycles. The summed E-state index contributed by atoms with van der Waals surface area (Å²) in [6.07, 6.45) is 3.92. The number of likely N-dealkylation sites (tertiary alicyclic amines) is 1. The lowest BCUT2D eigenvalue weighted by molar-refractivity contribution is 0.193. The highest BCUT2D eigenvalue weighted by atomic mass is 32.1. The van der Waals surface area contributed by atoms with E-state index in [-0.39, 0.29) is 5.56 Å². The van der Waals surface area contributed by atoms with Crippen LogP contribution in [0, 0.1) is 0 Å². The van der Waals surface area contributed by atoms with Gasteiger partial charge in [0.1, 0.15) is 17.6 Å². The van der Waals surface area contributed by atoms with Crippen molar-refractivity contribution in [1.82, 2.24) is 14.5 Å². The maximum absolute atomic E-state index is 13.2. The van der Waals surface area contributed by atoms with Crippen LogP contribution in [-0.2, 0) is 0 Å². The second-order valence-corrected chi connectivity index (χ2v) is 9.09. The van der Waals surface area contributed by atoms with Crippen molar-refractivity contribution in [1.29, 1.82) is 0 Å². The van der Waals surface area contributed by atoms with E-state index in [4.69, 9.17) is 9.47 Å². The molecule has 0 bridgehead atoms. The van der Waals surface area contributed by atoms with Gasteiger partial charge in [-0.1, -0.05) is 30.3 Å². The summed E-state index contributed by atoms with van der Waals surface area (Å²) in [5, 5.41) is 0. The van der Waals surface area contributed by atoms with Crippen molar-refractivity contribution < 1.29 is 9.47 Å². The Morgan fingerprint density at radius 1 is 1.12 bits per heavy atom. The van der Waals surface area contributed by atoms with Crippen molar-refractivity contribution in [3.63, 3.8) is 0 Å². The van der Waals surface area contributed by atoms with Gasteiger partial charge in [0.05, 0.1) is 18.3 Å². The van der Waals surface area contributed by atoms with Gasteiger partial charge in [-0.2, -0.15) is 0 Å². The first kappa shape index (κ1) is 20.7. The van der Waals surface area contributed by atoms with Crippen LogP contribution >= 0.6 is 11.3 Å². The van der Waals surface area contributed by atoms with Crippen LogP contribution in [0.3, 0.4) is 0 Å². The van der Waals surface area contributed by atoms with Gasteiger partial charge in [-0.15, -0.1) is 11.3 Å². The molecule has 1 aliphatic rings. The second kappa shape index (κ2) is 8.76. The molecule has 2 aromatic heterocycles. The highest BCUT2D eigenvalue weighted by molar-refractivity contribution is 7.22. The minimum Gasteiger partial charge on any atom is -0.493 e. The molecular weight excluding hydrogens is 422 g/mol. The zero-order chi connectivity index (χ0) is 22.1. The molecule has 5 rings (SSSR count). The molecule has 0 N–H and O–H groups in total. The molecule has 164 valence electrons. The fourth-order valence-electron chi connectivity index (χ4n) is 4.14. The standard InChI is InChI=1S/C25H25N3O3S/c1-27-12-6-9-19(27)15-31-21-11-10-18(13-22(21)30-2)28-16-26-20-14-23(32-24(20)25(28)29)17-7-4-3-5-8-17/h3-5,7-8,10-11,13-14,16,19H,6,9,12,15H2,1-2H3. The molecule has 0 saturated carbocycles. The summed E-state index contributed by atoms with van der Waals surface area (Å²) < 4.78 is 13.8. The van der Waals surface area contributed by atoms with Crippen LogP contribution in [0.4, 0.5) is 0 Å². The average Bonchev–Trinajstić information content (AvgIpc) is 3.45. The van der Waals surface area contributed by atoms with Crippen molar-refractivity contribution in [3.8, 4) is 27.6 Å². The molecule has 6 nitrogen and oxygen atoms in total. The molecular formula is C25H25N3O3S. The van der Waals surface area contributed by atoms with Gasteiger partial charge in [-0.25, -0.2) is 4.98 Å². The lowest BCUT2D eigenvalue weighted by Gasteiger charge is -2.20. The van der Waals surface area contributed by atoms with E-state index in [1.165, 1.54) is 17.8 Å². The SMILES string of the molecule is COc1cc(-n2cnc3cc(-c4ccccc4)sc3c2=O)ccc1OCC1CCCN1C. The van der Waals surface area contributed by atoms with Gasteiger partial charge in [0.25, 0.3) is 5.56 Å². The molecule has 0 radical (unpaired) electrons. The highest BCUT2D eigenvalue weighted by Gasteiger charge is 2.22. The van der Waals surface area contributed by atoms with Gasteiger partial charge in [-0.05, 0) is 50.2 Å². The van der Waals surface area contributed by atoms with Gasteiger partial charge in [0.2, 0.25) is 0 Å². The van der Waals surface area contributed by atoms with E-state index in [0.717, 1.165) is 23.4 Å². The quantitative estimate of drug-likeness (QED) is 0.433. The molecule has 1 atom stereocenters. The lowest BCUT2D eigenvalue weighted by atomic mass is 10.2. The van der Waals surface area contributed by atoms with Crippen molar-refractivity contribution in [2.24, 2.45) is 0 Å². The summed E-state index contributed by atoms with van der Waals surface area (Å²) in [6.45, 7) is 1.73. The number of ether oxygens (including phenoxy) is 2. The van der Waals surface area contributed by atoms with Gasteiger partial charge in [0.15, 0.2) is 11.5 Å². The predicted molar refractivity (Wildman–Crippen MR) is 128 cm³/mol. The number of benzene rings is 2. The summed E-state index contributed by atoms with van der Waals surface area (Å²) in [4.78, 5) is 21.1. The van der Waals surface area contributed by atoms with Crippen LogP contribution in [0.2, 0.25) is 0 Å². The van der Waals surface area contributed by atoms with Crippen molar-refractivity contribution in [3.05, 3.63) is 71.3 Å². The van der Waals surface area contributed by atoms with E-state index in [2.05, 4.69) is 16.9 Å². The fraction of sp³-hybridized carbons (Fsp3) is 0.280. The summed E-state index contributed by atoms with van der Waals surface area (Å²) in [6, 6.07) is 18.0. The Morgan fingerprint density at radius 2 is 1.97 bits per heavy atom. The van der Waals surface area contributed by atoms with Crippen LogP contribution in [-0.4, -0.2) is 47.8 Å². The molecule has 1 saturated heterocycles. The third kappa shape index (κ3) is 3.89. The van der Waals surface area contributed by atoms with Gasteiger partial charge >= 0.3 is 0 Å². The number of likely N-dealkylation sites (N-methyl/N-ethyl adjacent to an activating group) is 1. The maximum Gasteiger partial charge on any atom is 0.275 e. The van der Waals surface area contributed by atoms with Crippen molar-refractivity contribution >= 4 is 21.6 Å². The van der Waals surface area contributed by atoms with Crippen LogP contribution < -0.4 is 15.0 Å². The van der Waals surface area contributed by atoms with E-state index < -0.39 is 0 Å².